The summed E-state index contributed by atoms with van der Waals surface area (Å²) in [6, 6.07) is 23.6. The Balaban J connectivity index is 1.26. The third-order valence-electron chi connectivity index (χ3n) is 5.87. The Kier molecular flexibility index (Phi) is 6.21. The zero-order chi connectivity index (χ0) is 22.6. The molecule has 1 amide bonds. The minimum absolute atomic E-state index is 0.0726. The molecule has 0 saturated carbocycles. The van der Waals surface area contributed by atoms with Crippen LogP contribution in [0.25, 0.3) is 11.1 Å². The van der Waals surface area contributed by atoms with E-state index < -0.39 is 0 Å². The van der Waals surface area contributed by atoms with Gasteiger partial charge in [0.05, 0.1) is 12.8 Å². The van der Waals surface area contributed by atoms with Gasteiger partial charge in [-0.15, -0.1) is 0 Å². The van der Waals surface area contributed by atoms with Gasteiger partial charge in [0.2, 0.25) is 0 Å². The van der Waals surface area contributed by atoms with Gasteiger partial charge in [-0.1, -0.05) is 54.2 Å². The number of oxazole rings is 1. The van der Waals surface area contributed by atoms with E-state index >= 15 is 0 Å². The van der Waals surface area contributed by atoms with Crippen molar-refractivity contribution in [1.29, 1.82) is 0 Å². The number of methoxy groups -OCH3 is 1. The molecule has 6 nitrogen and oxygen atoms in total. The lowest BCUT2D eigenvalue weighted by Gasteiger charge is -2.36. The zero-order valence-electron chi connectivity index (χ0n) is 18.4. The van der Waals surface area contributed by atoms with E-state index in [0.717, 1.165) is 46.8 Å². The average molecular weight is 460 g/mol. The highest BCUT2D eigenvalue weighted by Crippen LogP contribution is 2.30. The van der Waals surface area contributed by atoms with Crippen LogP contribution in [0.4, 0.5) is 5.69 Å². The van der Waals surface area contributed by atoms with Crippen molar-refractivity contribution in [3.63, 3.8) is 0 Å². The van der Waals surface area contributed by atoms with E-state index in [0.29, 0.717) is 24.1 Å². The standard InChI is InChI=1S/C26H25N3O3S/c1-31-24-13-7-5-11-22(24)28-14-16-29(17-15-28)25(30)20-9-3-2-8-19(20)18-33-26-27-21-10-4-6-12-23(21)32-26/h2-13H,14-18H2,1H3. The van der Waals surface area contributed by atoms with Crippen molar-refractivity contribution in [3.8, 4) is 5.75 Å². The van der Waals surface area contributed by atoms with Gasteiger partial charge in [-0.2, -0.15) is 0 Å². The third-order valence-corrected chi connectivity index (χ3v) is 6.74. The summed E-state index contributed by atoms with van der Waals surface area (Å²) in [5.41, 5.74) is 4.42. The van der Waals surface area contributed by atoms with Crippen LogP contribution in [-0.4, -0.2) is 49.1 Å². The lowest BCUT2D eigenvalue weighted by Crippen LogP contribution is -2.49. The van der Waals surface area contributed by atoms with Gasteiger partial charge >= 0.3 is 0 Å². The van der Waals surface area contributed by atoms with Crippen LogP contribution in [0.2, 0.25) is 0 Å². The molecular formula is C26H25N3O3S. The number of fused-ring (bicyclic) bond motifs is 1. The number of carbonyl (C=O) groups excluding carboxylic acids is 1. The van der Waals surface area contributed by atoms with Crippen LogP contribution in [0.15, 0.2) is 82.4 Å². The first-order valence-corrected chi connectivity index (χ1v) is 11.9. The van der Waals surface area contributed by atoms with Crippen molar-refractivity contribution in [2.45, 2.75) is 11.0 Å². The molecule has 0 bridgehead atoms. The first-order valence-electron chi connectivity index (χ1n) is 11.0. The Hall–Kier alpha value is -3.45. The number of carbonyl (C=O) groups is 1. The van der Waals surface area contributed by atoms with E-state index in [9.17, 15) is 4.79 Å². The van der Waals surface area contributed by atoms with Gasteiger partial charge in [0.15, 0.2) is 5.58 Å². The summed E-state index contributed by atoms with van der Waals surface area (Å²) in [5, 5.41) is 0.615. The predicted molar refractivity (Wildman–Crippen MR) is 131 cm³/mol. The van der Waals surface area contributed by atoms with E-state index in [1.165, 1.54) is 11.8 Å². The molecule has 4 aromatic rings. The number of anilines is 1. The molecule has 0 aliphatic carbocycles. The van der Waals surface area contributed by atoms with Crippen molar-refractivity contribution in [2.75, 3.05) is 38.2 Å². The van der Waals surface area contributed by atoms with Crippen molar-refractivity contribution >= 4 is 34.5 Å². The second kappa shape index (κ2) is 9.58. The SMILES string of the molecule is COc1ccccc1N1CCN(C(=O)c2ccccc2CSc2nc3ccccc3o2)CC1. The lowest BCUT2D eigenvalue weighted by molar-refractivity contribution is 0.0746. The van der Waals surface area contributed by atoms with E-state index in [4.69, 9.17) is 9.15 Å². The Morgan fingerprint density at radius 2 is 1.70 bits per heavy atom. The molecule has 0 radical (unpaired) electrons. The summed E-state index contributed by atoms with van der Waals surface area (Å²) in [6.45, 7) is 2.88. The fourth-order valence-corrected chi connectivity index (χ4v) is 4.96. The fraction of sp³-hybridized carbons (Fsp3) is 0.231. The van der Waals surface area contributed by atoms with Gasteiger partial charge in [0.25, 0.3) is 11.1 Å². The van der Waals surface area contributed by atoms with Gasteiger partial charge < -0.3 is 19.0 Å². The molecule has 168 valence electrons. The topological polar surface area (TPSA) is 58.8 Å². The summed E-state index contributed by atoms with van der Waals surface area (Å²) in [4.78, 5) is 22.1. The summed E-state index contributed by atoms with van der Waals surface area (Å²) in [5.74, 6) is 1.55. The number of amides is 1. The Morgan fingerprint density at radius 3 is 2.52 bits per heavy atom. The van der Waals surface area contributed by atoms with Crippen molar-refractivity contribution in [1.82, 2.24) is 9.88 Å². The molecule has 7 heteroatoms. The van der Waals surface area contributed by atoms with E-state index in [2.05, 4.69) is 16.0 Å². The molecule has 33 heavy (non-hydrogen) atoms. The minimum atomic E-state index is 0.0726. The van der Waals surface area contributed by atoms with Crippen molar-refractivity contribution in [3.05, 3.63) is 83.9 Å². The molecule has 0 N–H and O–H groups in total. The molecule has 1 aliphatic heterocycles. The Labute approximate surface area is 197 Å². The highest BCUT2D eigenvalue weighted by molar-refractivity contribution is 7.98. The van der Waals surface area contributed by atoms with E-state index in [-0.39, 0.29) is 5.91 Å². The highest BCUT2D eigenvalue weighted by atomic mass is 32.2. The Morgan fingerprint density at radius 1 is 0.970 bits per heavy atom. The second-order valence-corrected chi connectivity index (χ2v) is 8.77. The lowest BCUT2D eigenvalue weighted by atomic mass is 10.1. The van der Waals surface area contributed by atoms with Gasteiger partial charge in [-0.25, -0.2) is 4.98 Å². The van der Waals surface area contributed by atoms with Crippen molar-refractivity contribution in [2.24, 2.45) is 0 Å². The maximum Gasteiger partial charge on any atom is 0.257 e. The number of para-hydroxylation sites is 4. The minimum Gasteiger partial charge on any atom is -0.495 e. The maximum atomic E-state index is 13.4. The Bertz CT molecular complexity index is 1230. The molecule has 3 aromatic carbocycles. The number of nitrogens with zero attached hydrogens (tertiary/aromatic N) is 3. The summed E-state index contributed by atoms with van der Waals surface area (Å²) in [6.07, 6.45) is 0. The quantitative estimate of drug-likeness (QED) is 0.374. The van der Waals surface area contributed by atoms with E-state index in [1.54, 1.807) is 7.11 Å². The van der Waals surface area contributed by atoms with Gasteiger partial charge in [0.1, 0.15) is 11.3 Å². The molecule has 0 atom stereocenters. The van der Waals surface area contributed by atoms with Crippen LogP contribution in [0.3, 0.4) is 0 Å². The van der Waals surface area contributed by atoms with Crippen LogP contribution in [0, 0.1) is 0 Å². The number of hydrogen-bond donors (Lipinski definition) is 0. The summed E-state index contributed by atoms with van der Waals surface area (Å²) < 4.78 is 11.3. The molecular weight excluding hydrogens is 434 g/mol. The molecule has 1 fully saturated rings. The van der Waals surface area contributed by atoms with Crippen molar-refractivity contribution < 1.29 is 13.9 Å². The number of thioether (sulfide) groups is 1. The first kappa shape index (κ1) is 21.4. The summed E-state index contributed by atoms with van der Waals surface area (Å²) >= 11 is 1.51. The van der Waals surface area contributed by atoms with Gasteiger partial charge in [-0.3, -0.25) is 4.79 Å². The molecule has 2 heterocycles. The van der Waals surface area contributed by atoms with Crippen LogP contribution in [-0.2, 0) is 5.75 Å². The molecule has 0 spiro atoms. The average Bonchev–Trinajstić information content (AvgIpc) is 3.30. The number of rotatable bonds is 6. The largest absolute Gasteiger partial charge is 0.495 e. The van der Waals surface area contributed by atoms with Crippen LogP contribution < -0.4 is 9.64 Å². The smallest absolute Gasteiger partial charge is 0.257 e. The number of hydrogen-bond acceptors (Lipinski definition) is 6. The van der Waals surface area contributed by atoms with Gasteiger partial charge in [0, 0.05) is 37.5 Å². The molecule has 1 saturated heterocycles. The second-order valence-electron chi connectivity index (χ2n) is 7.84. The molecule has 1 aromatic heterocycles. The van der Waals surface area contributed by atoms with Crippen LogP contribution in [0.5, 0.6) is 5.75 Å². The number of piperazine rings is 1. The summed E-state index contributed by atoms with van der Waals surface area (Å²) in [7, 11) is 1.69. The molecule has 0 unspecified atom stereocenters. The molecule has 1 aliphatic rings. The van der Waals surface area contributed by atoms with E-state index in [1.807, 2.05) is 71.6 Å². The number of aromatic nitrogens is 1. The maximum absolute atomic E-state index is 13.4. The monoisotopic (exact) mass is 459 g/mol. The number of benzene rings is 3. The first-order chi connectivity index (χ1) is 16.2. The van der Waals surface area contributed by atoms with Crippen LogP contribution >= 0.6 is 11.8 Å². The molecule has 5 rings (SSSR count). The highest BCUT2D eigenvalue weighted by Gasteiger charge is 2.25. The normalized spacial score (nSPS) is 14.0. The van der Waals surface area contributed by atoms with Crippen LogP contribution in [0.1, 0.15) is 15.9 Å². The fourth-order valence-electron chi connectivity index (χ4n) is 4.12. The number of ether oxygens (including phenoxy) is 1. The van der Waals surface area contributed by atoms with Gasteiger partial charge in [-0.05, 0) is 35.9 Å². The third kappa shape index (κ3) is 4.54. The zero-order valence-corrected chi connectivity index (χ0v) is 19.3. The predicted octanol–water partition coefficient (Wildman–Crippen LogP) is 5.09.